The molecule has 0 saturated heterocycles. The molecule has 2 aliphatic rings. The molecule has 0 bridgehead atoms. The Morgan fingerprint density at radius 2 is 1.89 bits per heavy atom. The van der Waals surface area contributed by atoms with E-state index in [9.17, 15) is 14.7 Å². The van der Waals surface area contributed by atoms with Crippen LogP contribution in [0.15, 0.2) is 36.4 Å². The van der Waals surface area contributed by atoms with Crippen LogP contribution in [0.2, 0.25) is 5.02 Å². The first-order valence-electron chi connectivity index (χ1n) is 12.7. The van der Waals surface area contributed by atoms with Crippen LogP contribution in [0, 0.1) is 5.92 Å². The molecule has 1 aliphatic carbocycles. The molecule has 0 unspecified atom stereocenters. The number of aliphatic carboxylic acids is 1. The molecule has 2 heterocycles. The maximum atomic E-state index is 12.3. The van der Waals surface area contributed by atoms with Crippen LogP contribution in [0.25, 0.3) is 11.0 Å². The number of benzene rings is 2. The highest BCUT2D eigenvalue weighted by atomic mass is 35.5. The molecule has 3 aromatic rings. The number of hydrogen-bond acceptors (Lipinski definition) is 4. The fraction of sp³-hybridized carbons (Fsp3) is 0.464. The van der Waals surface area contributed by atoms with Gasteiger partial charge >= 0.3 is 12.1 Å². The average Bonchev–Trinajstić information content (AvgIpc) is 3.28. The van der Waals surface area contributed by atoms with E-state index in [1.165, 1.54) is 12.7 Å². The van der Waals surface area contributed by atoms with Gasteiger partial charge in [-0.25, -0.2) is 9.78 Å². The lowest BCUT2D eigenvalue weighted by atomic mass is 9.81. The second-order valence-electron chi connectivity index (χ2n) is 10.1. The van der Waals surface area contributed by atoms with Gasteiger partial charge < -0.3 is 19.3 Å². The summed E-state index contributed by atoms with van der Waals surface area (Å²) in [7, 11) is 1.40. The van der Waals surface area contributed by atoms with Crippen LogP contribution in [0.3, 0.4) is 0 Å². The summed E-state index contributed by atoms with van der Waals surface area (Å²) in [6, 6.07) is 12.6. The lowest BCUT2D eigenvalue weighted by Gasteiger charge is -2.29. The summed E-state index contributed by atoms with van der Waals surface area (Å²) >= 11 is 6.83. The van der Waals surface area contributed by atoms with Crippen molar-refractivity contribution in [3.8, 4) is 0 Å². The summed E-state index contributed by atoms with van der Waals surface area (Å²) < 4.78 is 7.30. The SMILES string of the molecule is COC(=O)N1CCc2c(Cl)cc3c(nc(C4CCC(C(=O)O)CC4)n3[C@@H](C)Cc3ccccc3)c2C1. The highest BCUT2D eigenvalue weighted by Crippen LogP contribution is 2.41. The molecule has 1 atom stereocenters. The first-order chi connectivity index (χ1) is 17.4. The van der Waals surface area contributed by atoms with Gasteiger partial charge in [0, 0.05) is 29.1 Å². The van der Waals surface area contributed by atoms with Crippen molar-refractivity contribution >= 4 is 34.7 Å². The summed E-state index contributed by atoms with van der Waals surface area (Å²) in [5.74, 6) is 0.192. The Bertz CT molecular complexity index is 1280. The average molecular weight is 510 g/mol. The molecule has 0 spiro atoms. The van der Waals surface area contributed by atoms with Crippen molar-refractivity contribution in [1.29, 1.82) is 0 Å². The van der Waals surface area contributed by atoms with Crippen molar-refractivity contribution < 1.29 is 19.4 Å². The number of methoxy groups -OCH3 is 1. The summed E-state index contributed by atoms with van der Waals surface area (Å²) in [6.07, 6.45) is 4.05. The number of halogens is 1. The van der Waals surface area contributed by atoms with E-state index in [0.717, 1.165) is 47.2 Å². The minimum absolute atomic E-state index is 0.124. The third kappa shape index (κ3) is 4.57. The van der Waals surface area contributed by atoms with Gasteiger partial charge in [0.2, 0.25) is 0 Å². The Hall–Kier alpha value is -3.06. The second kappa shape index (κ2) is 10.1. The standard InChI is InChI=1S/C28H32ClN3O4/c1-17(14-18-6-4-3-5-7-18)32-24-15-23(29)21-12-13-31(28(35)36-2)16-22(21)25(24)30-26(32)19-8-10-20(11-9-19)27(33)34/h3-7,15,17,19-20H,8-14,16H2,1-2H3,(H,33,34)/t17-,19?,20?/m0/s1. The number of carbonyl (C=O) groups excluding carboxylic acids is 1. The summed E-state index contributed by atoms with van der Waals surface area (Å²) in [6.45, 7) is 3.17. The molecule has 1 saturated carbocycles. The quantitative estimate of drug-likeness (QED) is 0.457. The van der Waals surface area contributed by atoms with Gasteiger partial charge in [-0.2, -0.15) is 0 Å². The number of ether oxygens (including phenoxy) is 1. The molecule has 0 radical (unpaired) electrons. The van der Waals surface area contributed by atoms with Crippen molar-refractivity contribution in [2.24, 2.45) is 5.92 Å². The van der Waals surface area contributed by atoms with Crippen molar-refractivity contribution in [2.45, 2.75) is 64.0 Å². The van der Waals surface area contributed by atoms with E-state index < -0.39 is 5.97 Å². The Kier molecular flexibility index (Phi) is 6.93. The van der Waals surface area contributed by atoms with Crippen LogP contribution in [-0.4, -0.2) is 45.3 Å². The number of amides is 1. The molecule has 1 N–H and O–H groups in total. The zero-order chi connectivity index (χ0) is 25.4. The first kappa shape index (κ1) is 24.6. The van der Waals surface area contributed by atoms with Gasteiger partial charge in [-0.05, 0) is 62.6 Å². The zero-order valence-corrected chi connectivity index (χ0v) is 21.5. The van der Waals surface area contributed by atoms with E-state index >= 15 is 0 Å². The van der Waals surface area contributed by atoms with Crippen LogP contribution in [0.1, 0.15) is 67.1 Å². The molecule has 36 heavy (non-hydrogen) atoms. The summed E-state index contributed by atoms with van der Waals surface area (Å²) in [5, 5.41) is 10.2. The lowest BCUT2D eigenvalue weighted by Crippen LogP contribution is -2.36. The van der Waals surface area contributed by atoms with Gasteiger partial charge in [0.25, 0.3) is 0 Å². The number of aromatic nitrogens is 2. The second-order valence-corrected chi connectivity index (χ2v) is 10.5. The molecule has 8 heteroatoms. The maximum Gasteiger partial charge on any atom is 0.409 e. The van der Waals surface area contributed by atoms with Crippen LogP contribution < -0.4 is 0 Å². The van der Waals surface area contributed by atoms with Gasteiger partial charge in [0.1, 0.15) is 5.82 Å². The predicted molar refractivity (Wildman–Crippen MR) is 138 cm³/mol. The number of carboxylic acids is 1. The normalized spacial score (nSPS) is 20.7. The molecular weight excluding hydrogens is 478 g/mol. The highest BCUT2D eigenvalue weighted by Gasteiger charge is 2.33. The lowest BCUT2D eigenvalue weighted by molar-refractivity contribution is -0.142. The number of fused-ring (bicyclic) bond motifs is 3. The summed E-state index contributed by atoms with van der Waals surface area (Å²) in [5.41, 5.74) is 5.14. The molecule has 1 amide bonds. The van der Waals surface area contributed by atoms with Gasteiger partial charge in [-0.1, -0.05) is 41.9 Å². The Morgan fingerprint density at radius 3 is 2.56 bits per heavy atom. The van der Waals surface area contributed by atoms with E-state index in [1.54, 1.807) is 4.90 Å². The largest absolute Gasteiger partial charge is 0.481 e. The monoisotopic (exact) mass is 509 g/mol. The van der Waals surface area contributed by atoms with Crippen molar-refractivity contribution in [2.75, 3.05) is 13.7 Å². The number of rotatable bonds is 5. The van der Waals surface area contributed by atoms with Crippen molar-refractivity contribution in [3.05, 3.63) is 63.9 Å². The van der Waals surface area contributed by atoms with E-state index in [2.05, 4.69) is 35.8 Å². The van der Waals surface area contributed by atoms with Gasteiger partial charge in [-0.15, -0.1) is 0 Å². The predicted octanol–water partition coefficient (Wildman–Crippen LogP) is 5.98. The van der Waals surface area contributed by atoms with E-state index in [4.69, 9.17) is 21.3 Å². The number of nitrogens with zero attached hydrogens (tertiary/aromatic N) is 3. The fourth-order valence-electron chi connectivity index (χ4n) is 5.96. The van der Waals surface area contributed by atoms with Crippen LogP contribution in [0.4, 0.5) is 4.79 Å². The van der Waals surface area contributed by atoms with Crippen molar-refractivity contribution in [1.82, 2.24) is 14.5 Å². The number of imidazole rings is 1. The maximum absolute atomic E-state index is 12.3. The molecule has 5 rings (SSSR count). The van der Waals surface area contributed by atoms with E-state index in [1.807, 2.05) is 12.1 Å². The fourth-order valence-corrected chi connectivity index (χ4v) is 6.27. The van der Waals surface area contributed by atoms with Gasteiger partial charge in [0.05, 0.1) is 30.6 Å². The van der Waals surface area contributed by atoms with Crippen LogP contribution >= 0.6 is 11.6 Å². The molecule has 2 aromatic carbocycles. The Balaban J connectivity index is 1.60. The van der Waals surface area contributed by atoms with Crippen LogP contribution in [0.5, 0.6) is 0 Å². The molecule has 1 aromatic heterocycles. The van der Waals surface area contributed by atoms with E-state index in [-0.39, 0.29) is 24.0 Å². The van der Waals surface area contributed by atoms with Gasteiger partial charge in [0.15, 0.2) is 0 Å². The Labute approximate surface area is 216 Å². The number of carbonyl (C=O) groups is 2. The molecule has 7 nitrogen and oxygen atoms in total. The minimum Gasteiger partial charge on any atom is -0.481 e. The molecule has 190 valence electrons. The molecular formula is C28H32ClN3O4. The van der Waals surface area contributed by atoms with Crippen molar-refractivity contribution in [3.63, 3.8) is 0 Å². The molecule has 1 aliphatic heterocycles. The van der Waals surface area contributed by atoms with Crippen LogP contribution in [-0.2, 0) is 28.9 Å². The first-order valence-corrected chi connectivity index (χ1v) is 13.1. The zero-order valence-electron chi connectivity index (χ0n) is 20.7. The topological polar surface area (TPSA) is 84.7 Å². The minimum atomic E-state index is -0.705. The van der Waals surface area contributed by atoms with Gasteiger partial charge in [-0.3, -0.25) is 4.79 Å². The third-order valence-corrected chi connectivity index (χ3v) is 8.18. The van der Waals surface area contributed by atoms with E-state index in [0.29, 0.717) is 37.4 Å². The highest BCUT2D eigenvalue weighted by molar-refractivity contribution is 6.32. The third-order valence-electron chi connectivity index (χ3n) is 7.85. The molecule has 1 fully saturated rings. The number of carboxylic acid groups (broad SMARTS) is 1. The number of hydrogen-bond donors (Lipinski definition) is 1. The Morgan fingerprint density at radius 1 is 1.17 bits per heavy atom. The smallest absolute Gasteiger partial charge is 0.409 e. The summed E-state index contributed by atoms with van der Waals surface area (Å²) in [4.78, 5) is 30.8.